The number of rotatable bonds is 1. The van der Waals surface area contributed by atoms with Gasteiger partial charge in [0.15, 0.2) is 30.1 Å². The maximum absolute atomic E-state index is 13.9. The number of ether oxygens (including phenoxy) is 2. The van der Waals surface area contributed by atoms with Crippen molar-refractivity contribution in [1.29, 1.82) is 0 Å². The summed E-state index contributed by atoms with van der Waals surface area (Å²) in [6.07, 6.45) is 2.83. The van der Waals surface area contributed by atoms with E-state index in [0.29, 0.717) is 5.69 Å². The van der Waals surface area contributed by atoms with Crippen molar-refractivity contribution in [2.45, 2.75) is 6.42 Å². The Morgan fingerprint density at radius 1 is 1.05 bits per heavy atom. The molecule has 0 aliphatic carbocycles. The molecule has 2 aromatic rings. The molecule has 0 bridgehead atoms. The summed E-state index contributed by atoms with van der Waals surface area (Å²) in [5, 5.41) is 0. The number of benzene rings is 2. The van der Waals surface area contributed by atoms with Crippen LogP contribution in [0, 0.1) is 5.82 Å². The van der Waals surface area contributed by atoms with Crippen molar-refractivity contribution in [2.24, 2.45) is 0 Å². The van der Waals surface area contributed by atoms with Gasteiger partial charge in [0.1, 0.15) is 0 Å². The second kappa shape index (κ2) is 4.34. The van der Waals surface area contributed by atoms with Crippen LogP contribution in [0.2, 0.25) is 0 Å². The van der Waals surface area contributed by atoms with Gasteiger partial charge >= 0.3 is 0 Å². The zero-order chi connectivity index (χ0) is 13.5. The first-order valence-corrected chi connectivity index (χ1v) is 6.60. The third kappa shape index (κ3) is 1.76. The molecule has 2 aliphatic rings. The predicted molar refractivity (Wildman–Crippen MR) is 72.6 cm³/mol. The maximum atomic E-state index is 13.9. The van der Waals surface area contributed by atoms with Crippen molar-refractivity contribution in [3.8, 4) is 11.5 Å². The highest BCUT2D eigenvalue weighted by Gasteiger charge is 2.24. The van der Waals surface area contributed by atoms with Crippen LogP contribution in [-0.2, 0) is 6.42 Å². The molecule has 0 aromatic heterocycles. The van der Waals surface area contributed by atoms with Gasteiger partial charge in [-0.25, -0.2) is 0 Å². The Morgan fingerprint density at radius 3 is 2.70 bits per heavy atom. The fraction of sp³-hybridized carbons (Fsp3) is 0.188. The fourth-order valence-corrected chi connectivity index (χ4v) is 2.68. The molecular formula is C16H13FNO2+. The lowest BCUT2D eigenvalue weighted by Gasteiger charge is -2.13. The van der Waals surface area contributed by atoms with E-state index < -0.39 is 0 Å². The zero-order valence-electron chi connectivity index (χ0n) is 10.8. The summed E-state index contributed by atoms with van der Waals surface area (Å²) in [7, 11) is 0. The summed E-state index contributed by atoms with van der Waals surface area (Å²) in [5.74, 6) is 1.36. The molecular weight excluding hydrogens is 257 g/mol. The normalized spacial score (nSPS) is 15.8. The maximum Gasteiger partial charge on any atom is 0.241 e. The summed E-state index contributed by atoms with van der Waals surface area (Å²) < 4.78 is 26.6. The Bertz CT molecular complexity index is 724. The van der Waals surface area contributed by atoms with Gasteiger partial charge < -0.3 is 9.47 Å². The number of fused-ring (bicyclic) bond motifs is 2. The van der Waals surface area contributed by atoms with Gasteiger partial charge in [0.25, 0.3) is 0 Å². The van der Waals surface area contributed by atoms with Crippen LogP contribution in [0.3, 0.4) is 0 Å². The molecule has 2 heterocycles. The minimum atomic E-state index is -0.201. The molecule has 100 valence electrons. The molecule has 3 nitrogen and oxygen atoms in total. The van der Waals surface area contributed by atoms with Gasteiger partial charge in [0, 0.05) is 18.1 Å². The molecule has 20 heavy (non-hydrogen) atoms. The van der Waals surface area contributed by atoms with E-state index in [0.717, 1.165) is 30.0 Å². The molecule has 0 atom stereocenters. The van der Waals surface area contributed by atoms with Crippen LogP contribution in [-0.4, -0.2) is 24.1 Å². The molecule has 4 rings (SSSR count). The van der Waals surface area contributed by atoms with Gasteiger partial charge in [-0.1, -0.05) is 12.1 Å². The third-order valence-corrected chi connectivity index (χ3v) is 3.71. The van der Waals surface area contributed by atoms with Gasteiger partial charge in [-0.3, -0.25) is 0 Å². The van der Waals surface area contributed by atoms with Crippen molar-refractivity contribution in [2.75, 3.05) is 13.3 Å². The molecule has 0 spiro atoms. The molecule has 0 fully saturated rings. The Morgan fingerprint density at radius 2 is 1.85 bits per heavy atom. The van der Waals surface area contributed by atoms with E-state index in [9.17, 15) is 4.39 Å². The highest BCUT2D eigenvalue weighted by molar-refractivity contribution is 5.81. The number of para-hydroxylation sites is 1. The van der Waals surface area contributed by atoms with Crippen LogP contribution in [0.15, 0.2) is 36.4 Å². The molecule has 0 saturated carbocycles. The minimum Gasteiger partial charge on any atom is -0.454 e. The highest BCUT2D eigenvalue weighted by Crippen LogP contribution is 2.35. The average molecular weight is 270 g/mol. The van der Waals surface area contributed by atoms with Crippen LogP contribution in [0.25, 0.3) is 0 Å². The Balaban J connectivity index is 1.80. The second-order valence-corrected chi connectivity index (χ2v) is 4.93. The molecule has 2 aliphatic heterocycles. The van der Waals surface area contributed by atoms with E-state index in [1.54, 1.807) is 12.1 Å². The Labute approximate surface area is 115 Å². The van der Waals surface area contributed by atoms with Crippen LogP contribution in [0.4, 0.5) is 10.1 Å². The van der Waals surface area contributed by atoms with E-state index in [4.69, 9.17) is 9.47 Å². The summed E-state index contributed by atoms with van der Waals surface area (Å²) in [6, 6.07) is 10.8. The summed E-state index contributed by atoms with van der Waals surface area (Å²) in [6.45, 7) is 1.03. The molecule has 0 amide bonds. The number of hydrogen-bond acceptors (Lipinski definition) is 2. The van der Waals surface area contributed by atoms with Crippen LogP contribution in [0.1, 0.15) is 11.1 Å². The van der Waals surface area contributed by atoms with Crippen LogP contribution < -0.4 is 9.47 Å². The number of nitrogens with zero attached hydrogens (tertiary/aromatic N) is 1. The molecule has 0 N–H and O–H groups in total. The molecule has 0 saturated heterocycles. The van der Waals surface area contributed by atoms with Crippen molar-refractivity contribution in [3.63, 3.8) is 0 Å². The predicted octanol–water partition coefficient (Wildman–Crippen LogP) is 2.87. The van der Waals surface area contributed by atoms with E-state index in [1.807, 2.05) is 29.0 Å². The van der Waals surface area contributed by atoms with Crippen molar-refractivity contribution in [1.82, 2.24) is 0 Å². The standard InChI is InChI=1S/C16H13FNO2/c17-13-3-1-2-4-14(13)18-6-5-11-7-15-16(20-10-19-15)8-12(11)9-18/h1-4,7-9H,5-6,10H2/q+1. The van der Waals surface area contributed by atoms with Gasteiger partial charge in [0.2, 0.25) is 12.5 Å². The monoisotopic (exact) mass is 270 g/mol. The zero-order valence-corrected chi connectivity index (χ0v) is 10.8. The first-order chi connectivity index (χ1) is 9.81. The highest BCUT2D eigenvalue weighted by atomic mass is 19.1. The van der Waals surface area contributed by atoms with Gasteiger partial charge in [-0.05, 0) is 23.8 Å². The second-order valence-electron chi connectivity index (χ2n) is 4.93. The fourth-order valence-electron chi connectivity index (χ4n) is 2.68. The smallest absolute Gasteiger partial charge is 0.241 e. The summed E-state index contributed by atoms with van der Waals surface area (Å²) in [4.78, 5) is 0. The first-order valence-electron chi connectivity index (χ1n) is 6.60. The van der Waals surface area contributed by atoms with Crippen molar-refractivity contribution >= 4 is 11.9 Å². The molecule has 4 heteroatoms. The lowest BCUT2D eigenvalue weighted by molar-refractivity contribution is -0.438. The third-order valence-electron chi connectivity index (χ3n) is 3.71. The lowest BCUT2D eigenvalue weighted by atomic mass is 10.0. The lowest BCUT2D eigenvalue weighted by Crippen LogP contribution is -2.19. The quantitative estimate of drug-likeness (QED) is 0.743. The number of halogens is 1. The topological polar surface area (TPSA) is 21.5 Å². The molecule has 0 unspecified atom stereocenters. The largest absolute Gasteiger partial charge is 0.454 e. The Hall–Kier alpha value is -2.36. The first kappa shape index (κ1) is 11.5. The van der Waals surface area contributed by atoms with E-state index in [-0.39, 0.29) is 12.6 Å². The van der Waals surface area contributed by atoms with Gasteiger partial charge in [0.05, 0.1) is 0 Å². The van der Waals surface area contributed by atoms with Crippen molar-refractivity contribution in [3.05, 3.63) is 53.3 Å². The van der Waals surface area contributed by atoms with Crippen molar-refractivity contribution < 1.29 is 18.4 Å². The Kier molecular flexibility index (Phi) is 2.49. The summed E-state index contributed by atoms with van der Waals surface area (Å²) >= 11 is 0. The SMILES string of the molecule is Fc1ccccc1[N+]1=Cc2cc3c(cc2CC1)OCO3. The minimum absolute atomic E-state index is 0.201. The van der Waals surface area contributed by atoms with Crippen LogP contribution >= 0.6 is 0 Å². The van der Waals surface area contributed by atoms with E-state index >= 15 is 0 Å². The molecule has 0 radical (unpaired) electrons. The van der Waals surface area contributed by atoms with E-state index in [2.05, 4.69) is 0 Å². The average Bonchev–Trinajstić information content (AvgIpc) is 2.92. The van der Waals surface area contributed by atoms with Gasteiger partial charge in [-0.15, -0.1) is 0 Å². The van der Waals surface area contributed by atoms with Gasteiger partial charge in [-0.2, -0.15) is 8.97 Å². The molecule has 2 aromatic carbocycles. The number of hydrogen-bond donors (Lipinski definition) is 0. The summed E-state index contributed by atoms with van der Waals surface area (Å²) in [5.41, 5.74) is 2.88. The van der Waals surface area contributed by atoms with E-state index in [1.165, 1.54) is 11.6 Å². The van der Waals surface area contributed by atoms with Crippen LogP contribution in [0.5, 0.6) is 11.5 Å².